The normalized spacial score (nSPS) is 11.2. The van der Waals surface area contributed by atoms with Crippen LogP contribution in [0.15, 0.2) is 18.2 Å². The topological polar surface area (TPSA) is 21.3 Å². The van der Waals surface area contributed by atoms with E-state index in [-0.39, 0.29) is 0 Å². The van der Waals surface area contributed by atoms with Gasteiger partial charge in [0.25, 0.3) is 0 Å². The van der Waals surface area contributed by atoms with Crippen molar-refractivity contribution in [2.75, 3.05) is 19.5 Å². The fraction of sp³-hybridized carbons (Fsp3) is 0.333. The second kappa shape index (κ2) is 3.77. The number of halogens is 3. The van der Waals surface area contributed by atoms with Gasteiger partial charge in [-0.3, -0.25) is 0 Å². The Bertz CT molecular complexity index is 322. The first-order chi connectivity index (χ1) is 6.49. The van der Waals surface area contributed by atoms with E-state index in [1.165, 1.54) is 20.2 Å². The van der Waals surface area contributed by atoms with E-state index in [4.69, 9.17) is 4.74 Å². The minimum Gasteiger partial charge on any atom is -0.495 e. The van der Waals surface area contributed by atoms with E-state index >= 15 is 0 Å². The molecule has 0 fully saturated rings. The van der Waals surface area contributed by atoms with Gasteiger partial charge in [-0.15, -0.1) is 0 Å². The van der Waals surface area contributed by atoms with Gasteiger partial charge >= 0.3 is 6.18 Å². The summed E-state index contributed by atoms with van der Waals surface area (Å²) in [6, 6.07) is 3.28. The molecule has 0 heterocycles. The molecule has 0 aliphatic carbocycles. The second-order valence-electron chi connectivity index (χ2n) is 2.66. The fourth-order valence-electron chi connectivity index (χ4n) is 1.08. The van der Waals surface area contributed by atoms with Gasteiger partial charge < -0.3 is 10.1 Å². The predicted octanol–water partition coefficient (Wildman–Crippen LogP) is 2.76. The summed E-state index contributed by atoms with van der Waals surface area (Å²) in [5.74, 6) is 0.389. The monoisotopic (exact) mass is 205 g/mol. The first kappa shape index (κ1) is 10.7. The molecule has 2 nitrogen and oxygen atoms in total. The molecule has 0 aliphatic rings. The zero-order valence-corrected chi connectivity index (χ0v) is 7.77. The molecule has 0 saturated carbocycles. The summed E-state index contributed by atoms with van der Waals surface area (Å²) in [4.78, 5) is 0. The maximum Gasteiger partial charge on any atom is 0.416 e. The molecule has 0 amide bonds. The van der Waals surface area contributed by atoms with Crippen molar-refractivity contribution in [3.63, 3.8) is 0 Å². The Morgan fingerprint density at radius 1 is 1.29 bits per heavy atom. The molecule has 14 heavy (non-hydrogen) atoms. The zero-order chi connectivity index (χ0) is 10.8. The van der Waals surface area contributed by atoms with Crippen molar-refractivity contribution < 1.29 is 17.9 Å². The average Bonchev–Trinajstić information content (AvgIpc) is 2.15. The SMILES string of the molecule is CNc1cc(C(F)(F)F)ccc1OC. The highest BCUT2D eigenvalue weighted by molar-refractivity contribution is 5.58. The summed E-state index contributed by atoms with van der Waals surface area (Å²) in [5.41, 5.74) is -0.370. The van der Waals surface area contributed by atoms with Crippen LogP contribution in [0.5, 0.6) is 5.75 Å². The molecular formula is C9H10F3NO. The van der Waals surface area contributed by atoms with Crippen LogP contribution in [0.2, 0.25) is 0 Å². The Balaban J connectivity index is 3.14. The summed E-state index contributed by atoms with van der Waals surface area (Å²) < 4.78 is 41.7. The minimum atomic E-state index is -4.32. The molecular weight excluding hydrogens is 195 g/mol. The number of hydrogen-bond donors (Lipinski definition) is 1. The van der Waals surface area contributed by atoms with Gasteiger partial charge in [0, 0.05) is 7.05 Å². The Labute approximate surface area is 79.7 Å². The quantitative estimate of drug-likeness (QED) is 0.801. The van der Waals surface area contributed by atoms with Crippen molar-refractivity contribution >= 4 is 5.69 Å². The second-order valence-corrected chi connectivity index (χ2v) is 2.66. The van der Waals surface area contributed by atoms with Crippen LogP contribution in [-0.2, 0) is 6.18 Å². The van der Waals surface area contributed by atoms with Crippen LogP contribution in [-0.4, -0.2) is 14.2 Å². The van der Waals surface area contributed by atoms with Gasteiger partial charge in [0.1, 0.15) is 5.75 Å². The summed E-state index contributed by atoms with van der Waals surface area (Å²) in [7, 11) is 2.95. The molecule has 0 saturated heterocycles. The molecule has 1 N–H and O–H groups in total. The molecule has 0 atom stereocenters. The third-order valence-corrected chi connectivity index (χ3v) is 1.80. The van der Waals surface area contributed by atoms with E-state index < -0.39 is 11.7 Å². The van der Waals surface area contributed by atoms with Crippen LogP contribution in [0.3, 0.4) is 0 Å². The highest BCUT2D eigenvalue weighted by atomic mass is 19.4. The van der Waals surface area contributed by atoms with E-state index in [1.807, 2.05) is 0 Å². The molecule has 1 aromatic rings. The summed E-state index contributed by atoms with van der Waals surface area (Å²) in [5, 5.41) is 2.63. The highest BCUT2D eigenvalue weighted by Crippen LogP contribution is 2.34. The number of hydrogen-bond acceptors (Lipinski definition) is 2. The summed E-state index contributed by atoms with van der Waals surface area (Å²) >= 11 is 0. The van der Waals surface area contributed by atoms with Crippen LogP contribution in [0.25, 0.3) is 0 Å². The molecule has 0 spiro atoms. The van der Waals surface area contributed by atoms with Crippen LogP contribution >= 0.6 is 0 Å². The molecule has 1 rings (SSSR count). The summed E-state index contributed by atoms with van der Waals surface area (Å²) in [6.07, 6.45) is -4.32. The first-order valence-corrected chi connectivity index (χ1v) is 3.92. The van der Waals surface area contributed by atoms with Crippen molar-refractivity contribution in [2.45, 2.75) is 6.18 Å². The number of methoxy groups -OCH3 is 1. The van der Waals surface area contributed by atoms with Gasteiger partial charge in [0.15, 0.2) is 0 Å². The first-order valence-electron chi connectivity index (χ1n) is 3.92. The number of nitrogens with one attached hydrogen (secondary N) is 1. The number of alkyl halides is 3. The van der Waals surface area contributed by atoms with Crippen molar-refractivity contribution in [2.24, 2.45) is 0 Å². The van der Waals surface area contributed by atoms with E-state index in [0.29, 0.717) is 11.4 Å². The molecule has 0 unspecified atom stereocenters. The maximum absolute atomic E-state index is 12.3. The van der Waals surface area contributed by atoms with Gasteiger partial charge in [0.05, 0.1) is 18.4 Å². The molecule has 0 aromatic heterocycles. The number of rotatable bonds is 2. The van der Waals surface area contributed by atoms with Crippen LogP contribution in [0.4, 0.5) is 18.9 Å². The lowest BCUT2D eigenvalue weighted by Gasteiger charge is -2.11. The number of benzene rings is 1. The third-order valence-electron chi connectivity index (χ3n) is 1.80. The van der Waals surface area contributed by atoms with Gasteiger partial charge in [-0.1, -0.05) is 0 Å². The maximum atomic E-state index is 12.3. The minimum absolute atomic E-state index is 0.322. The lowest BCUT2D eigenvalue weighted by Crippen LogP contribution is -2.06. The average molecular weight is 205 g/mol. The predicted molar refractivity (Wildman–Crippen MR) is 47.5 cm³/mol. The van der Waals surface area contributed by atoms with Crippen molar-refractivity contribution in [1.82, 2.24) is 0 Å². The summed E-state index contributed by atoms with van der Waals surface area (Å²) in [6.45, 7) is 0. The van der Waals surface area contributed by atoms with Gasteiger partial charge in [-0.05, 0) is 18.2 Å². The van der Waals surface area contributed by atoms with Crippen LogP contribution < -0.4 is 10.1 Å². The lowest BCUT2D eigenvalue weighted by molar-refractivity contribution is -0.137. The lowest BCUT2D eigenvalue weighted by atomic mass is 10.2. The Morgan fingerprint density at radius 3 is 2.36 bits per heavy atom. The third kappa shape index (κ3) is 2.10. The van der Waals surface area contributed by atoms with Gasteiger partial charge in [-0.25, -0.2) is 0 Å². The van der Waals surface area contributed by atoms with E-state index in [2.05, 4.69) is 5.32 Å². The van der Waals surface area contributed by atoms with E-state index in [9.17, 15) is 13.2 Å². The molecule has 0 aliphatic heterocycles. The fourth-order valence-corrected chi connectivity index (χ4v) is 1.08. The zero-order valence-electron chi connectivity index (χ0n) is 7.77. The highest BCUT2D eigenvalue weighted by Gasteiger charge is 2.30. The molecule has 0 bridgehead atoms. The van der Waals surface area contributed by atoms with Crippen molar-refractivity contribution in [3.05, 3.63) is 23.8 Å². The van der Waals surface area contributed by atoms with Crippen molar-refractivity contribution in [1.29, 1.82) is 0 Å². The number of anilines is 1. The van der Waals surface area contributed by atoms with Gasteiger partial charge in [0.2, 0.25) is 0 Å². The Kier molecular flexibility index (Phi) is 2.88. The Morgan fingerprint density at radius 2 is 1.93 bits per heavy atom. The Hall–Kier alpha value is -1.39. The van der Waals surface area contributed by atoms with Gasteiger partial charge in [-0.2, -0.15) is 13.2 Å². The van der Waals surface area contributed by atoms with Crippen LogP contribution in [0, 0.1) is 0 Å². The molecule has 5 heteroatoms. The number of ether oxygens (including phenoxy) is 1. The molecule has 78 valence electrons. The molecule has 0 radical (unpaired) electrons. The van der Waals surface area contributed by atoms with Crippen molar-refractivity contribution in [3.8, 4) is 5.75 Å². The smallest absolute Gasteiger partial charge is 0.416 e. The molecule has 1 aromatic carbocycles. The standard InChI is InChI=1S/C9H10F3NO/c1-13-7-5-6(9(10,11)12)3-4-8(7)14-2/h3-5,13H,1-2H3. The van der Waals surface area contributed by atoms with E-state index in [0.717, 1.165) is 12.1 Å². The largest absolute Gasteiger partial charge is 0.495 e. The van der Waals surface area contributed by atoms with Crippen LogP contribution in [0.1, 0.15) is 5.56 Å². The van der Waals surface area contributed by atoms with E-state index in [1.54, 1.807) is 0 Å².